The van der Waals surface area contributed by atoms with Gasteiger partial charge in [0.2, 0.25) is 0 Å². The van der Waals surface area contributed by atoms with Crippen molar-refractivity contribution < 1.29 is 0 Å². The molecule has 1 aromatic rings. The van der Waals surface area contributed by atoms with Gasteiger partial charge in [-0.15, -0.1) is 0 Å². The van der Waals surface area contributed by atoms with Gasteiger partial charge in [0.05, 0.1) is 12.2 Å². The molecule has 0 aromatic carbocycles. The lowest BCUT2D eigenvalue weighted by Gasteiger charge is -2.15. The molecule has 1 aromatic heterocycles. The molecule has 0 aliphatic carbocycles. The van der Waals surface area contributed by atoms with Crippen molar-refractivity contribution in [1.29, 1.82) is 0 Å². The van der Waals surface area contributed by atoms with Gasteiger partial charge in [-0.3, -0.25) is 0 Å². The third-order valence-electron chi connectivity index (χ3n) is 2.20. The van der Waals surface area contributed by atoms with E-state index in [4.69, 9.17) is 0 Å². The zero-order valence-corrected chi connectivity index (χ0v) is 9.87. The molecule has 0 atom stereocenters. The molecule has 0 bridgehead atoms. The summed E-state index contributed by atoms with van der Waals surface area (Å²) in [5, 5.41) is 2.12. The summed E-state index contributed by atoms with van der Waals surface area (Å²) < 4.78 is 2.28. The molecule has 0 saturated carbocycles. The zero-order chi connectivity index (χ0) is 10.7. The fraction of sp³-hybridized carbons (Fsp3) is 0.364. The molecule has 0 radical (unpaired) electrons. The van der Waals surface area contributed by atoms with Crippen LogP contribution in [0.25, 0.3) is 0 Å². The molecule has 0 saturated heterocycles. The predicted octanol–water partition coefficient (Wildman–Crippen LogP) is 2.13. The van der Waals surface area contributed by atoms with Crippen LogP contribution in [0, 0.1) is 0 Å². The molecule has 4 heteroatoms. The quantitative estimate of drug-likeness (QED) is 0.728. The lowest BCUT2D eigenvalue weighted by molar-refractivity contribution is 0.518. The van der Waals surface area contributed by atoms with Crippen molar-refractivity contribution in [2.45, 2.75) is 6.54 Å². The van der Waals surface area contributed by atoms with Crippen LogP contribution in [-0.2, 0) is 6.54 Å². The van der Waals surface area contributed by atoms with E-state index in [1.165, 1.54) is 0 Å². The minimum atomic E-state index is 0.902. The van der Waals surface area contributed by atoms with Crippen LogP contribution in [0.3, 0.4) is 0 Å². The van der Waals surface area contributed by atoms with Crippen LogP contribution in [0.5, 0.6) is 0 Å². The van der Waals surface area contributed by atoms with Crippen LogP contribution in [0.2, 0.25) is 0 Å². The summed E-state index contributed by atoms with van der Waals surface area (Å²) in [4.78, 5) is 6.61. The Balaban J connectivity index is 2.04. The predicted molar refractivity (Wildman–Crippen MR) is 65.7 cm³/mol. The maximum absolute atomic E-state index is 4.58. The highest BCUT2D eigenvalue weighted by atomic mass is 32.2. The highest BCUT2D eigenvalue weighted by Gasteiger charge is 2.09. The van der Waals surface area contributed by atoms with Crippen molar-refractivity contribution in [1.82, 2.24) is 9.29 Å². The van der Waals surface area contributed by atoms with Crippen LogP contribution in [0.15, 0.2) is 29.7 Å². The van der Waals surface area contributed by atoms with Gasteiger partial charge >= 0.3 is 0 Å². The largest absolute Gasteiger partial charge is 0.363 e. The molecule has 1 aliphatic rings. The standard InChI is InChI=1S/C11H15N3S/c1-13(2)11-6-3-5-10(12-11)9-14-7-4-8-15-14/h3-6,8H,7,9H2,1-2H3. The van der Waals surface area contributed by atoms with Crippen molar-refractivity contribution in [3.63, 3.8) is 0 Å². The molecule has 1 aliphatic heterocycles. The van der Waals surface area contributed by atoms with E-state index in [-0.39, 0.29) is 0 Å². The Morgan fingerprint density at radius 3 is 3.00 bits per heavy atom. The van der Waals surface area contributed by atoms with Crippen LogP contribution in [-0.4, -0.2) is 29.9 Å². The molecule has 0 unspecified atom stereocenters. The fourth-order valence-corrected chi connectivity index (χ4v) is 2.14. The van der Waals surface area contributed by atoms with E-state index >= 15 is 0 Å². The summed E-state index contributed by atoms with van der Waals surface area (Å²) in [5.74, 6) is 1.02. The first-order chi connectivity index (χ1) is 7.25. The van der Waals surface area contributed by atoms with Crippen LogP contribution in [0.4, 0.5) is 5.82 Å². The van der Waals surface area contributed by atoms with E-state index in [1.807, 2.05) is 25.1 Å². The van der Waals surface area contributed by atoms with Crippen molar-refractivity contribution >= 4 is 17.8 Å². The Kier molecular flexibility index (Phi) is 3.28. The lowest BCUT2D eigenvalue weighted by atomic mass is 10.3. The number of rotatable bonds is 3. The third-order valence-corrected chi connectivity index (χ3v) is 3.09. The molecule has 2 heterocycles. The topological polar surface area (TPSA) is 19.4 Å². The van der Waals surface area contributed by atoms with Gasteiger partial charge in [-0.2, -0.15) is 0 Å². The smallest absolute Gasteiger partial charge is 0.128 e. The Hall–Kier alpha value is -1.00. The van der Waals surface area contributed by atoms with Crippen LogP contribution < -0.4 is 4.90 Å². The van der Waals surface area contributed by atoms with Gasteiger partial charge in [-0.25, -0.2) is 9.29 Å². The molecule has 80 valence electrons. The van der Waals surface area contributed by atoms with Crippen molar-refractivity contribution in [3.8, 4) is 0 Å². The molecular weight excluding hydrogens is 206 g/mol. The second-order valence-corrected chi connectivity index (χ2v) is 4.68. The van der Waals surface area contributed by atoms with Gasteiger partial charge in [0.15, 0.2) is 0 Å². The van der Waals surface area contributed by atoms with Gasteiger partial charge in [0, 0.05) is 20.6 Å². The van der Waals surface area contributed by atoms with Crippen molar-refractivity contribution in [3.05, 3.63) is 35.4 Å². The van der Waals surface area contributed by atoms with Gasteiger partial charge in [-0.05, 0) is 29.5 Å². The minimum absolute atomic E-state index is 0.902. The minimum Gasteiger partial charge on any atom is -0.363 e. The Bertz CT molecular complexity index is 355. The molecule has 0 amide bonds. The molecule has 3 nitrogen and oxygen atoms in total. The van der Waals surface area contributed by atoms with E-state index in [0.29, 0.717) is 0 Å². The first kappa shape index (κ1) is 10.5. The highest BCUT2D eigenvalue weighted by molar-refractivity contribution is 8.00. The van der Waals surface area contributed by atoms with Crippen LogP contribution >= 0.6 is 11.9 Å². The average Bonchev–Trinajstić information content (AvgIpc) is 2.71. The molecule has 0 fully saturated rings. The summed E-state index contributed by atoms with van der Waals surface area (Å²) in [6.07, 6.45) is 2.17. The monoisotopic (exact) mass is 221 g/mol. The molecule has 2 rings (SSSR count). The number of nitrogens with zero attached hydrogens (tertiary/aromatic N) is 3. The maximum Gasteiger partial charge on any atom is 0.128 e. The summed E-state index contributed by atoms with van der Waals surface area (Å²) >= 11 is 1.75. The summed E-state index contributed by atoms with van der Waals surface area (Å²) in [6, 6.07) is 6.16. The summed E-state index contributed by atoms with van der Waals surface area (Å²) in [6.45, 7) is 1.91. The van der Waals surface area contributed by atoms with Crippen LogP contribution in [0.1, 0.15) is 5.69 Å². The molecule has 0 spiro atoms. The van der Waals surface area contributed by atoms with E-state index in [2.05, 4.69) is 32.9 Å². The van der Waals surface area contributed by atoms with Gasteiger partial charge in [0.25, 0.3) is 0 Å². The lowest BCUT2D eigenvalue weighted by Crippen LogP contribution is -2.15. The number of pyridine rings is 1. The maximum atomic E-state index is 4.58. The highest BCUT2D eigenvalue weighted by Crippen LogP contribution is 2.20. The number of hydrogen-bond donors (Lipinski definition) is 0. The van der Waals surface area contributed by atoms with Gasteiger partial charge in [0.1, 0.15) is 5.82 Å². The molecular formula is C11H15N3S. The first-order valence-corrected chi connectivity index (χ1v) is 5.79. The first-order valence-electron chi connectivity index (χ1n) is 4.96. The Labute approximate surface area is 94.9 Å². The van der Waals surface area contributed by atoms with E-state index in [0.717, 1.165) is 24.6 Å². The van der Waals surface area contributed by atoms with E-state index < -0.39 is 0 Å². The number of anilines is 1. The Morgan fingerprint density at radius 1 is 1.47 bits per heavy atom. The number of hydrogen-bond acceptors (Lipinski definition) is 4. The second kappa shape index (κ2) is 4.68. The normalized spacial score (nSPS) is 15.9. The van der Waals surface area contributed by atoms with Gasteiger partial charge < -0.3 is 4.90 Å². The van der Waals surface area contributed by atoms with E-state index in [9.17, 15) is 0 Å². The SMILES string of the molecule is CN(C)c1cccc(CN2CC=CS2)n1. The number of aromatic nitrogens is 1. The second-order valence-electron chi connectivity index (χ2n) is 3.68. The van der Waals surface area contributed by atoms with Crippen molar-refractivity contribution in [2.24, 2.45) is 0 Å². The summed E-state index contributed by atoms with van der Waals surface area (Å²) in [5.41, 5.74) is 1.12. The molecule has 0 N–H and O–H groups in total. The third kappa shape index (κ3) is 2.73. The average molecular weight is 221 g/mol. The Morgan fingerprint density at radius 2 is 2.33 bits per heavy atom. The fourth-order valence-electron chi connectivity index (χ4n) is 1.42. The molecule has 15 heavy (non-hydrogen) atoms. The van der Waals surface area contributed by atoms with Gasteiger partial charge in [-0.1, -0.05) is 12.1 Å². The summed E-state index contributed by atoms with van der Waals surface area (Å²) in [7, 11) is 4.02. The van der Waals surface area contributed by atoms with E-state index in [1.54, 1.807) is 11.9 Å². The zero-order valence-electron chi connectivity index (χ0n) is 9.05. The van der Waals surface area contributed by atoms with Crippen molar-refractivity contribution in [2.75, 3.05) is 25.5 Å².